The van der Waals surface area contributed by atoms with Crippen molar-refractivity contribution in [2.24, 2.45) is 11.1 Å². The Hall–Kier alpha value is -0.643. The van der Waals surface area contributed by atoms with E-state index in [4.69, 9.17) is 10.2 Å². The number of hydrogen-bond donors (Lipinski definition) is 1. The zero-order chi connectivity index (χ0) is 13.1. The zero-order valence-corrected chi connectivity index (χ0v) is 12.6. The molecule has 2 nitrogen and oxygen atoms in total. The molecule has 1 atom stereocenters. The summed E-state index contributed by atoms with van der Waals surface area (Å²) < 4.78 is 6.16. The van der Waals surface area contributed by atoms with Crippen LogP contribution in [0.5, 0.6) is 0 Å². The van der Waals surface area contributed by atoms with Crippen LogP contribution in [-0.2, 0) is 11.0 Å². The Morgan fingerprint density at radius 2 is 1.94 bits per heavy atom. The van der Waals surface area contributed by atoms with Gasteiger partial charge in [0, 0.05) is 6.54 Å². The third-order valence-electron chi connectivity index (χ3n) is 2.63. The SMILES string of the molecule is C[Si](C)OC(c1cccc(CN)c1)C(C)(C)C. The first-order chi connectivity index (χ1) is 7.84. The second-order valence-electron chi connectivity index (χ2n) is 5.72. The van der Waals surface area contributed by atoms with Crippen LogP contribution in [0.15, 0.2) is 24.3 Å². The van der Waals surface area contributed by atoms with Crippen LogP contribution in [0.25, 0.3) is 0 Å². The maximum Gasteiger partial charge on any atom is 0.205 e. The smallest absolute Gasteiger partial charge is 0.205 e. The van der Waals surface area contributed by atoms with E-state index >= 15 is 0 Å². The first-order valence-electron chi connectivity index (χ1n) is 6.10. The van der Waals surface area contributed by atoms with Crippen LogP contribution in [-0.4, -0.2) is 9.04 Å². The Kier molecular flexibility index (Phi) is 4.92. The molecular weight excluding hydrogens is 226 g/mol. The lowest BCUT2D eigenvalue weighted by molar-refractivity contribution is 0.0865. The number of benzene rings is 1. The minimum absolute atomic E-state index is 0.106. The molecule has 0 aliphatic heterocycles. The van der Waals surface area contributed by atoms with Gasteiger partial charge in [-0.05, 0) is 29.6 Å². The lowest BCUT2D eigenvalue weighted by atomic mass is 9.84. The molecule has 0 saturated carbocycles. The molecule has 0 fully saturated rings. The van der Waals surface area contributed by atoms with Crippen molar-refractivity contribution in [3.8, 4) is 0 Å². The summed E-state index contributed by atoms with van der Waals surface area (Å²) in [4.78, 5) is 0. The van der Waals surface area contributed by atoms with Crippen LogP contribution in [0.1, 0.15) is 38.0 Å². The molecule has 17 heavy (non-hydrogen) atoms. The molecule has 1 radical (unpaired) electrons. The molecule has 0 aromatic heterocycles. The molecule has 0 spiro atoms. The van der Waals surface area contributed by atoms with E-state index in [0.29, 0.717) is 6.54 Å². The van der Waals surface area contributed by atoms with Gasteiger partial charge in [0.15, 0.2) is 0 Å². The summed E-state index contributed by atoms with van der Waals surface area (Å²) in [5, 5.41) is 0. The predicted octanol–water partition coefficient (Wildman–Crippen LogP) is 3.50. The largest absolute Gasteiger partial charge is 0.410 e. The van der Waals surface area contributed by atoms with Crippen LogP contribution in [0, 0.1) is 5.41 Å². The van der Waals surface area contributed by atoms with Crippen molar-refractivity contribution < 1.29 is 4.43 Å². The van der Waals surface area contributed by atoms with Gasteiger partial charge in [-0.2, -0.15) is 0 Å². The maximum atomic E-state index is 6.16. The molecule has 1 rings (SSSR count). The quantitative estimate of drug-likeness (QED) is 0.830. The standard InChI is InChI=1S/C14H24NOSi/c1-14(2,3)13(16-17(4)5)12-8-6-7-11(9-12)10-15/h6-9,13H,10,15H2,1-5H3. The fourth-order valence-corrected chi connectivity index (χ4v) is 2.82. The molecule has 95 valence electrons. The Morgan fingerprint density at radius 1 is 1.29 bits per heavy atom. The van der Waals surface area contributed by atoms with Crippen LogP contribution in [0.2, 0.25) is 13.1 Å². The summed E-state index contributed by atoms with van der Waals surface area (Å²) in [6, 6.07) is 8.44. The lowest BCUT2D eigenvalue weighted by Crippen LogP contribution is -2.26. The first-order valence-corrected chi connectivity index (χ1v) is 8.51. The third-order valence-corrected chi connectivity index (χ3v) is 3.34. The van der Waals surface area contributed by atoms with Gasteiger partial charge < -0.3 is 10.2 Å². The molecule has 0 aliphatic carbocycles. The van der Waals surface area contributed by atoms with Crippen LogP contribution < -0.4 is 5.73 Å². The molecular formula is C14H24NOSi. The fraction of sp³-hybridized carbons (Fsp3) is 0.571. The Labute approximate surface area is 107 Å². The maximum absolute atomic E-state index is 6.16. The molecule has 1 aromatic carbocycles. The summed E-state index contributed by atoms with van der Waals surface area (Å²) in [5.41, 5.74) is 8.21. The number of nitrogens with two attached hydrogens (primary N) is 1. The minimum atomic E-state index is -0.713. The summed E-state index contributed by atoms with van der Waals surface area (Å²) in [6.07, 6.45) is 0.151. The normalized spacial score (nSPS) is 14.1. The first kappa shape index (κ1) is 14.4. The van der Waals surface area contributed by atoms with Gasteiger partial charge >= 0.3 is 0 Å². The molecule has 0 bridgehead atoms. The van der Waals surface area contributed by atoms with Crippen molar-refractivity contribution in [3.05, 3.63) is 35.4 Å². The zero-order valence-electron chi connectivity index (χ0n) is 11.6. The van der Waals surface area contributed by atoms with Crippen LogP contribution in [0.4, 0.5) is 0 Å². The third kappa shape index (κ3) is 4.26. The number of rotatable bonds is 4. The van der Waals surface area contributed by atoms with Crippen molar-refractivity contribution >= 4 is 9.04 Å². The van der Waals surface area contributed by atoms with Gasteiger partial charge in [0.1, 0.15) is 0 Å². The Morgan fingerprint density at radius 3 is 2.41 bits per heavy atom. The highest BCUT2D eigenvalue weighted by atomic mass is 28.3. The highest BCUT2D eigenvalue weighted by molar-refractivity contribution is 6.48. The average molecular weight is 250 g/mol. The Balaban J connectivity index is 3.04. The topological polar surface area (TPSA) is 35.2 Å². The summed E-state index contributed by atoms with van der Waals surface area (Å²) in [7, 11) is -0.713. The van der Waals surface area contributed by atoms with Crippen molar-refractivity contribution in [3.63, 3.8) is 0 Å². The van der Waals surface area contributed by atoms with E-state index in [1.54, 1.807) is 0 Å². The molecule has 0 heterocycles. The van der Waals surface area contributed by atoms with E-state index in [1.165, 1.54) is 11.1 Å². The molecule has 2 N–H and O–H groups in total. The van der Waals surface area contributed by atoms with Crippen molar-refractivity contribution in [2.45, 2.75) is 46.5 Å². The van der Waals surface area contributed by atoms with Gasteiger partial charge in [0.2, 0.25) is 9.04 Å². The second kappa shape index (κ2) is 5.80. The van der Waals surface area contributed by atoms with Crippen LogP contribution >= 0.6 is 0 Å². The predicted molar refractivity (Wildman–Crippen MR) is 75.1 cm³/mol. The molecule has 1 unspecified atom stereocenters. The van der Waals surface area contributed by atoms with Crippen LogP contribution in [0.3, 0.4) is 0 Å². The van der Waals surface area contributed by atoms with E-state index in [9.17, 15) is 0 Å². The molecule has 0 aliphatic rings. The average Bonchev–Trinajstić information content (AvgIpc) is 2.24. The monoisotopic (exact) mass is 250 g/mol. The molecule has 1 aromatic rings. The van der Waals surface area contributed by atoms with Gasteiger partial charge in [-0.15, -0.1) is 0 Å². The Bertz CT molecular complexity index is 357. The second-order valence-corrected chi connectivity index (χ2v) is 7.77. The van der Waals surface area contributed by atoms with Crippen molar-refractivity contribution in [2.75, 3.05) is 0 Å². The highest BCUT2D eigenvalue weighted by Crippen LogP contribution is 2.36. The molecule has 0 saturated heterocycles. The van der Waals surface area contributed by atoms with E-state index in [1.807, 2.05) is 0 Å². The van der Waals surface area contributed by atoms with Gasteiger partial charge in [-0.3, -0.25) is 0 Å². The highest BCUT2D eigenvalue weighted by Gasteiger charge is 2.28. The molecule has 3 heteroatoms. The van der Waals surface area contributed by atoms with Gasteiger partial charge in [0.05, 0.1) is 6.10 Å². The van der Waals surface area contributed by atoms with Gasteiger partial charge in [0.25, 0.3) is 0 Å². The van der Waals surface area contributed by atoms with Crippen molar-refractivity contribution in [1.82, 2.24) is 0 Å². The van der Waals surface area contributed by atoms with Gasteiger partial charge in [-0.1, -0.05) is 45.0 Å². The lowest BCUT2D eigenvalue weighted by Gasteiger charge is -2.33. The fourth-order valence-electron chi connectivity index (χ4n) is 1.86. The molecule has 0 amide bonds. The van der Waals surface area contributed by atoms with E-state index in [-0.39, 0.29) is 11.5 Å². The van der Waals surface area contributed by atoms with E-state index in [0.717, 1.165) is 0 Å². The van der Waals surface area contributed by atoms with E-state index in [2.05, 4.69) is 58.1 Å². The van der Waals surface area contributed by atoms with Gasteiger partial charge in [-0.25, -0.2) is 0 Å². The van der Waals surface area contributed by atoms with Crippen molar-refractivity contribution in [1.29, 1.82) is 0 Å². The van der Waals surface area contributed by atoms with E-state index < -0.39 is 9.04 Å². The number of hydrogen-bond acceptors (Lipinski definition) is 2. The minimum Gasteiger partial charge on any atom is -0.410 e. The summed E-state index contributed by atoms with van der Waals surface area (Å²) >= 11 is 0. The summed E-state index contributed by atoms with van der Waals surface area (Å²) in [5.74, 6) is 0. The summed E-state index contributed by atoms with van der Waals surface area (Å²) in [6.45, 7) is 11.6.